The maximum Gasteiger partial charge on any atom is 0.138 e. The van der Waals surface area contributed by atoms with E-state index in [2.05, 4.69) is 107 Å². The summed E-state index contributed by atoms with van der Waals surface area (Å²) in [5.74, 6) is 1.91. The van der Waals surface area contributed by atoms with Gasteiger partial charge < -0.3 is 5.32 Å². The number of aryl methyl sites for hydroxylation is 1. The van der Waals surface area contributed by atoms with Crippen LogP contribution in [0.25, 0.3) is 11.1 Å². The highest BCUT2D eigenvalue weighted by atomic mass is 19.1. The van der Waals surface area contributed by atoms with Gasteiger partial charge in [-0.05, 0) is 105 Å². The molecule has 1 fully saturated rings. The molecule has 1 saturated carbocycles. The van der Waals surface area contributed by atoms with Gasteiger partial charge in [0.1, 0.15) is 12.0 Å². The average Bonchev–Trinajstić information content (AvgIpc) is 3.40. The quantitative estimate of drug-likeness (QED) is 0.328. The average molecular weight is 598 g/mol. The number of rotatable bonds is 8. The normalized spacial score (nSPS) is 25.0. The minimum atomic E-state index is -0.791. The minimum absolute atomic E-state index is 0.0177. The molecule has 5 rings (SSSR count). The predicted octanol–water partition coefficient (Wildman–Crippen LogP) is 10.9. The summed E-state index contributed by atoms with van der Waals surface area (Å²) < 4.78 is 13.1. The fraction of sp³-hybridized carbons (Fsp3) is 0.488. The van der Waals surface area contributed by atoms with Crippen LogP contribution in [-0.2, 0) is 11.2 Å². The number of carbonyl (C=O) groups is 1. The van der Waals surface area contributed by atoms with Gasteiger partial charge in [-0.25, -0.2) is 4.39 Å². The van der Waals surface area contributed by atoms with Gasteiger partial charge in [0.25, 0.3) is 0 Å². The van der Waals surface area contributed by atoms with Crippen LogP contribution in [0.15, 0.2) is 85.1 Å². The Balaban J connectivity index is 0.000000228. The van der Waals surface area contributed by atoms with Crippen LogP contribution in [0, 0.1) is 30.6 Å². The van der Waals surface area contributed by atoms with Crippen molar-refractivity contribution >= 4 is 16.9 Å². The summed E-state index contributed by atoms with van der Waals surface area (Å²) in [5, 5.41) is 3.54. The summed E-state index contributed by atoms with van der Waals surface area (Å²) in [6, 6.07) is 16.8. The van der Waals surface area contributed by atoms with Crippen molar-refractivity contribution < 1.29 is 9.18 Å². The molecule has 0 spiro atoms. The van der Waals surface area contributed by atoms with E-state index in [0.29, 0.717) is 30.0 Å². The van der Waals surface area contributed by atoms with Crippen LogP contribution in [0.5, 0.6) is 0 Å². The summed E-state index contributed by atoms with van der Waals surface area (Å²) in [6.07, 6.45) is 13.7. The molecular weight excluding hydrogens is 541 g/mol. The molecule has 0 saturated heterocycles. The molecule has 0 radical (unpaired) electrons. The first kappa shape index (κ1) is 35.3. The second-order valence-corrected chi connectivity index (χ2v) is 12.9. The Hall–Kier alpha value is -3.20. The molecule has 3 heteroatoms. The van der Waals surface area contributed by atoms with Gasteiger partial charge in [0.05, 0.1) is 5.54 Å². The van der Waals surface area contributed by atoms with Crippen LogP contribution < -0.4 is 5.32 Å². The third kappa shape index (κ3) is 8.29. The molecule has 2 nitrogen and oxygen atoms in total. The van der Waals surface area contributed by atoms with E-state index >= 15 is 0 Å². The summed E-state index contributed by atoms with van der Waals surface area (Å²) >= 11 is 0. The number of allylic oxidation sites excluding steroid dienone is 3. The Morgan fingerprint density at radius 1 is 1.00 bits per heavy atom. The predicted molar refractivity (Wildman–Crippen MR) is 188 cm³/mol. The second-order valence-electron chi connectivity index (χ2n) is 12.9. The lowest BCUT2D eigenvalue weighted by Gasteiger charge is -2.35. The van der Waals surface area contributed by atoms with E-state index in [4.69, 9.17) is 0 Å². The number of nitrogens with one attached hydrogen (secondary N) is 1. The number of ketones is 1. The smallest absolute Gasteiger partial charge is 0.138 e. The first-order chi connectivity index (χ1) is 21.0. The van der Waals surface area contributed by atoms with Crippen LogP contribution in [0.4, 0.5) is 4.39 Å². The lowest BCUT2D eigenvalue weighted by molar-refractivity contribution is -0.127. The highest BCUT2D eigenvalue weighted by Gasteiger charge is 2.41. The number of halogens is 1. The maximum absolute atomic E-state index is 13.1. The molecule has 4 atom stereocenters. The summed E-state index contributed by atoms with van der Waals surface area (Å²) in [4.78, 5) is 12.3. The Morgan fingerprint density at radius 2 is 1.61 bits per heavy atom. The number of fused-ring (bicyclic) bond motifs is 1. The first-order valence-corrected chi connectivity index (χ1v) is 16.9. The summed E-state index contributed by atoms with van der Waals surface area (Å²) in [6.45, 7) is 20.7. The van der Waals surface area contributed by atoms with Gasteiger partial charge in [-0.2, -0.15) is 0 Å². The lowest BCUT2D eigenvalue weighted by atomic mass is 9.73. The standard InChI is InChI=1S/C20H28O.C19H22FN.C2H6/c1-5-14(2)20(21)18-12-10-17(11-13-18)16(4)19-9-7-6-8-15(19)3;1-13-5-4-6-18-17(12-21-19(13,18)3)16-9-7-15(8-10-16)11-14(2)20;1-2/h6-9,14,17-18H,4-5,10-13H2,1-3H3;4-10,12,14,18,21H,11H2,1-3H3;1-2H3. The van der Waals surface area contributed by atoms with Crippen molar-refractivity contribution in [1.29, 1.82) is 0 Å². The van der Waals surface area contributed by atoms with Gasteiger partial charge in [0.15, 0.2) is 0 Å². The number of alkyl halides is 1. The number of hydrogen-bond donors (Lipinski definition) is 1. The van der Waals surface area contributed by atoms with Gasteiger partial charge in [0.2, 0.25) is 0 Å². The Morgan fingerprint density at radius 3 is 2.20 bits per heavy atom. The Labute approximate surface area is 267 Å². The van der Waals surface area contributed by atoms with Crippen molar-refractivity contribution in [2.45, 2.75) is 106 Å². The third-order valence-electron chi connectivity index (χ3n) is 9.97. The van der Waals surface area contributed by atoms with Gasteiger partial charge >= 0.3 is 0 Å². The molecule has 3 aliphatic rings. The van der Waals surface area contributed by atoms with Gasteiger partial charge in [-0.1, -0.05) is 101 Å². The van der Waals surface area contributed by atoms with Crippen LogP contribution >= 0.6 is 0 Å². The molecule has 1 heterocycles. The SMILES string of the molecule is C=C(c1ccccc1C)C1CCC(C(=O)C(C)CC)CC1.CC.CC1=CC=CC2C(c3ccc(CC(C)F)cc3)=CNC12C. The third-order valence-corrected chi connectivity index (χ3v) is 9.97. The van der Waals surface area contributed by atoms with Crippen LogP contribution in [0.2, 0.25) is 0 Å². The molecule has 2 aromatic rings. The van der Waals surface area contributed by atoms with Crippen molar-refractivity contribution in [2.75, 3.05) is 0 Å². The molecule has 0 aromatic heterocycles. The zero-order chi connectivity index (χ0) is 32.4. The number of hydrogen-bond acceptors (Lipinski definition) is 2. The zero-order valence-electron chi connectivity index (χ0n) is 28.6. The van der Waals surface area contributed by atoms with E-state index in [-0.39, 0.29) is 11.5 Å². The van der Waals surface area contributed by atoms with Gasteiger partial charge in [0, 0.05) is 30.4 Å². The molecule has 2 aliphatic carbocycles. The number of carbonyl (C=O) groups excluding carboxylic acids is 1. The van der Waals surface area contributed by atoms with E-state index in [1.54, 1.807) is 6.92 Å². The molecule has 238 valence electrons. The van der Waals surface area contributed by atoms with E-state index < -0.39 is 6.17 Å². The van der Waals surface area contributed by atoms with Crippen molar-refractivity contribution in [3.8, 4) is 0 Å². The fourth-order valence-corrected chi connectivity index (χ4v) is 6.76. The topological polar surface area (TPSA) is 29.1 Å². The zero-order valence-corrected chi connectivity index (χ0v) is 28.6. The number of benzene rings is 2. The molecule has 0 amide bonds. The minimum Gasteiger partial charge on any atom is -0.381 e. The molecule has 4 unspecified atom stereocenters. The van der Waals surface area contributed by atoms with Gasteiger partial charge in [-0.3, -0.25) is 4.79 Å². The van der Waals surface area contributed by atoms with Crippen molar-refractivity contribution in [1.82, 2.24) is 5.32 Å². The molecule has 1 N–H and O–H groups in total. The highest BCUT2D eigenvalue weighted by molar-refractivity contribution is 5.83. The summed E-state index contributed by atoms with van der Waals surface area (Å²) in [7, 11) is 0. The number of Topliss-reactive ketones (excluding diaryl/α,β-unsaturated/α-hetero) is 1. The largest absolute Gasteiger partial charge is 0.381 e. The van der Waals surface area contributed by atoms with Crippen LogP contribution in [0.3, 0.4) is 0 Å². The highest BCUT2D eigenvalue weighted by Crippen LogP contribution is 2.43. The summed E-state index contributed by atoms with van der Waals surface area (Å²) in [5.41, 5.74) is 8.78. The van der Waals surface area contributed by atoms with Crippen molar-refractivity contribution in [2.24, 2.45) is 23.7 Å². The van der Waals surface area contributed by atoms with Crippen LogP contribution in [-0.4, -0.2) is 17.5 Å². The van der Waals surface area contributed by atoms with Gasteiger partial charge in [-0.15, -0.1) is 0 Å². The molecule has 0 bridgehead atoms. The van der Waals surface area contributed by atoms with E-state index in [1.807, 2.05) is 26.0 Å². The Bertz CT molecular complexity index is 1340. The lowest BCUT2D eigenvalue weighted by Crippen LogP contribution is -2.43. The van der Waals surface area contributed by atoms with Crippen molar-refractivity contribution in [3.05, 3.63) is 107 Å². The molecule has 1 aliphatic heterocycles. The van der Waals surface area contributed by atoms with Crippen LogP contribution in [0.1, 0.15) is 103 Å². The Kier molecular flexibility index (Phi) is 13.0. The maximum atomic E-state index is 13.1. The fourth-order valence-electron chi connectivity index (χ4n) is 6.76. The monoisotopic (exact) mass is 597 g/mol. The molecular formula is C41H56FNO. The first-order valence-electron chi connectivity index (χ1n) is 16.9. The molecule has 44 heavy (non-hydrogen) atoms. The van der Waals surface area contributed by atoms with E-state index in [1.165, 1.54) is 33.4 Å². The second kappa shape index (κ2) is 16.2. The van der Waals surface area contributed by atoms with E-state index in [0.717, 1.165) is 37.7 Å². The van der Waals surface area contributed by atoms with Crippen molar-refractivity contribution in [3.63, 3.8) is 0 Å². The van der Waals surface area contributed by atoms with E-state index in [9.17, 15) is 9.18 Å². The molecule has 2 aromatic carbocycles.